The molecule has 0 aromatic heterocycles. The van der Waals surface area contributed by atoms with Crippen molar-refractivity contribution in [3.05, 3.63) is 35.4 Å². The summed E-state index contributed by atoms with van der Waals surface area (Å²) in [4.78, 5) is 11.6. The first-order valence-electron chi connectivity index (χ1n) is 5.63. The molecular formula is C13H14F2O. The molecule has 1 atom stereocenters. The minimum absolute atomic E-state index is 0.00129. The molecule has 1 aromatic rings. The molecule has 0 spiro atoms. The Bertz CT molecular complexity index is 401. The van der Waals surface area contributed by atoms with E-state index in [1.165, 1.54) is 6.07 Å². The molecule has 1 aromatic carbocycles. The Morgan fingerprint density at radius 2 is 2.00 bits per heavy atom. The average molecular weight is 224 g/mol. The van der Waals surface area contributed by atoms with Crippen LogP contribution in [-0.4, -0.2) is 5.78 Å². The summed E-state index contributed by atoms with van der Waals surface area (Å²) in [5, 5.41) is 0. The Balaban J connectivity index is 2.08. The van der Waals surface area contributed by atoms with Crippen LogP contribution < -0.4 is 0 Å². The highest BCUT2D eigenvalue weighted by atomic mass is 19.2. The van der Waals surface area contributed by atoms with Crippen LogP contribution >= 0.6 is 0 Å². The van der Waals surface area contributed by atoms with Crippen molar-refractivity contribution in [1.29, 1.82) is 0 Å². The lowest BCUT2D eigenvalue weighted by atomic mass is 9.84. The summed E-state index contributed by atoms with van der Waals surface area (Å²) in [7, 11) is 0. The van der Waals surface area contributed by atoms with Crippen LogP contribution in [0.3, 0.4) is 0 Å². The summed E-state index contributed by atoms with van der Waals surface area (Å²) < 4.78 is 25.7. The molecule has 3 heteroatoms. The molecule has 0 amide bonds. The summed E-state index contributed by atoms with van der Waals surface area (Å²) >= 11 is 0. The fraction of sp³-hybridized carbons (Fsp3) is 0.462. The smallest absolute Gasteiger partial charge is 0.159 e. The first-order chi connectivity index (χ1) is 7.66. The summed E-state index contributed by atoms with van der Waals surface area (Å²) in [6.07, 6.45) is 4.06. The lowest BCUT2D eigenvalue weighted by molar-refractivity contribution is -0.124. The van der Waals surface area contributed by atoms with E-state index in [1.807, 2.05) is 0 Å². The largest absolute Gasteiger partial charge is 0.299 e. The molecule has 0 saturated heterocycles. The van der Waals surface area contributed by atoms with E-state index in [0.717, 1.165) is 25.3 Å². The zero-order chi connectivity index (χ0) is 11.5. The standard InChI is InChI=1S/C13H14F2O/c14-11-6-5-9(8-12(11)15)7-10-3-1-2-4-13(10)16/h5-6,8,10H,1-4,7H2. The Morgan fingerprint density at radius 3 is 2.69 bits per heavy atom. The molecule has 1 aliphatic carbocycles. The molecule has 86 valence electrons. The lowest BCUT2D eigenvalue weighted by Gasteiger charge is -2.20. The van der Waals surface area contributed by atoms with Gasteiger partial charge in [-0.2, -0.15) is 0 Å². The van der Waals surface area contributed by atoms with Gasteiger partial charge in [-0.05, 0) is 37.0 Å². The van der Waals surface area contributed by atoms with Crippen LogP contribution in [-0.2, 0) is 11.2 Å². The number of ketones is 1. The third kappa shape index (κ3) is 2.46. The van der Waals surface area contributed by atoms with E-state index in [4.69, 9.17) is 0 Å². The highest BCUT2D eigenvalue weighted by molar-refractivity contribution is 5.81. The van der Waals surface area contributed by atoms with Gasteiger partial charge in [-0.15, -0.1) is 0 Å². The number of halogens is 2. The van der Waals surface area contributed by atoms with Gasteiger partial charge >= 0.3 is 0 Å². The lowest BCUT2D eigenvalue weighted by Crippen LogP contribution is -2.21. The van der Waals surface area contributed by atoms with Crippen molar-refractivity contribution < 1.29 is 13.6 Å². The maximum Gasteiger partial charge on any atom is 0.159 e. The van der Waals surface area contributed by atoms with E-state index in [1.54, 1.807) is 6.07 Å². The van der Waals surface area contributed by atoms with E-state index < -0.39 is 11.6 Å². The van der Waals surface area contributed by atoms with Crippen molar-refractivity contribution >= 4 is 5.78 Å². The fourth-order valence-electron chi connectivity index (χ4n) is 2.22. The zero-order valence-electron chi connectivity index (χ0n) is 9.01. The van der Waals surface area contributed by atoms with Crippen LogP contribution in [0.5, 0.6) is 0 Å². The van der Waals surface area contributed by atoms with Crippen LogP contribution in [0, 0.1) is 17.6 Å². The monoisotopic (exact) mass is 224 g/mol. The molecule has 0 bridgehead atoms. The van der Waals surface area contributed by atoms with Crippen LogP contribution in [0.25, 0.3) is 0 Å². The van der Waals surface area contributed by atoms with Crippen LogP contribution in [0.1, 0.15) is 31.2 Å². The second-order valence-electron chi connectivity index (χ2n) is 4.36. The molecule has 0 aliphatic heterocycles. The highest BCUT2D eigenvalue weighted by Crippen LogP contribution is 2.24. The Labute approximate surface area is 93.5 Å². The number of benzene rings is 1. The molecule has 0 N–H and O–H groups in total. The van der Waals surface area contributed by atoms with Crippen LogP contribution in [0.2, 0.25) is 0 Å². The minimum Gasteiger partial charge on any atom is -0.299 e. The van der Waals surface area contributed by atoms with Crippen molar-refractivity contribution in [2.75, 3.05) is 0 Å². The van der Waals surface area contributed by atoms with Gasteiger partial charge in [0.05, 0.1) is 0 Å². The van der Waals surface area contributed by atoms with Gasteiger partial charge < -0.3 is 0 Å². The summed E-state index contributed by atoms with van der Waals surface area (Å²) in [6, 6.07) is 3.87. The molecule has 2 rings (SSSR count). The van der Waals surface area contributed by atoms with E-state index in [-0.39, 0.29) is 11.7 Å². The fourth-order valence-corrected chi connectivity index (χ4v) is 2.22. The summed E-state index contributed by atoms with van der Waals surface area (Å²) in [5.41, 5.74) is 0.708. The number of hydrogen-bond donors (Lipinski definition) is 0. The van der Waals surface area contributed by atoms with Crippen molar-refractivity contribution in [2.45, 2.75) is 32.1 Å². The van der Waals surface area contributed by atoms with Gasteiger partial charge in [0, 0.05) is 12.3 Å². The third-order valence-corrected chi connectivity index (χ3v) is 3.15. The normalized spacial score (nSPS) is 21.1. The number of Topliss-reactive ketones (excluding diaryl/α,β-unsaturated/α-hetero) is 1. The Morgan fingerprint density at radius 1 is 1.19 bits per heavy atom. The average Bonchev–Trinajstić information content (AvgIpc) is 2.27. The predicted molar refractivity (Wildman–Crippen MR) is 57.0 cm³/mol. The molecule has 16 heavy (non-hydrogen) atoms. The Hall–Kier alpha value is -1.25. The van der Waals surface area contributed by atoms with Gasteiger partial charge in [-0.3, -0.25) is 4.79 Å². The van der Waals surface area contributed by atoms with E-state index in [0.29, 0.717) is 18.4 Å². The quantitative estimate of drug-likeness (QED) is 0.753. The van der Waals surface area contributed by atoms with E-state index >= 15 is 0 Å². The van der Waals surface area contributed by atoms with Gasteiger partial charge in [-0.25, -0.2) is 8.78 Å². The van der Waals surface area contributed by atoms with Crippen LogP contribution in [0.4, 0.5) is 8.78 Å². The van der Waals surface area contributed by atoms with Crippen molar-refractivity contribution in [1.82, 2.24) is 0 Å². The minimum atomic E-state index is -0.835. The van der Waals surface area contributed by atoms with Crippen molar-refractivity contribution in [3.63, 3.8) is 0 Å². The number of carbonyl (C=O) groups excluding carboxylic acids is 1. The Kier molecular flexibility index (Phi) is 3.32. The highest BCUT2D eigenvalue weighted by Gasteiger charge is 2.22. The first-order valence-corrected chi connectivity index (χ1v) is 5.63. The number of hydrogen-bond acceptors (Lipinski definition) is 1. The van der Waals surface area contributed by atoms with Crippen molar-refractivity contribution in [3.8, 4) is 0 Å². The van der Waals surface area contributed by atoms with Gasteiger partial charge in [0.25, 0.3) is 0 Å². The predicted octanol–water partition coefficient (Wildman–Crippen LogP) is 3.27. The number of carbonyl (C=O) groups is 1. The van der Waals surface area contributed by atoms with Gasteiger partial charge in [-0.1, -0.05) is 12.5 Å². The third-order valence-electron chi connectivity index (χ3n) is 3.15. The van der Waals surface area contributed by atoms with Crippen molar-refractivity contribution in [2.24, 2.45) is 5.92 Å². The second-order valence-corrected chi connectivity index (χ2v) is 4.36. The molecule has 1 nitrogen and oxygen atoms in total. The van der Waals surface area contributed by atoms with Crippen LogP contribution in [0.15, 0.2) is 18.2 Å². The second kappa shape index (κ2) is 4.73. The zero-order valence-corrected chi connectivity index (χ0v) is 9.01. The summed E-state index contributed by atoms with van der Waals surface area (Å²) in [5.74, 6) is -1.41. The first kappa shape index (κ1) is 11.2. The molecular weight excluding hydrogens is 210 g/mol. The summed E-state index contributed by atoms with van der Waals surface area (Å²) in [6.45, 7) is 0. The van der Waals surface area contributed by atoms with Gasteiger partial charge in [0.2, 0.25) is 0 Å². The van der Waals surface area contributed by atoms with Gasteiger partial charge in [0.15, 0.2) is 11.6 Å². The maximum atomic E-state index is 13.0. The molecule has 1 fully saturated rings. The topological polar surface area (TPSA) is 17.1 Å². The maximum absolute atomic E-state index is 13.0. The molecule has 1 aliphatic rings. The molecule has 0 heterocycles. The van der Waals surface area contributed by atoms with Gasteiger partial charge in [0.1, 0.15) is 5.78 Å². The number of rotatable bonds is 2. The SMILES string of the molecule is O=C1CCCCC1Cc1ccc(F)c(F)c1. The van der Waals surface area contributed by atoms with E-state index in [2.05, 4.69) is 0 Å². The molecule has 0 radical (unpaired) electrons. The van der Waals surface area contributed by atoms with E-state index in [9.17, 15) is 13.6 Å². The molecule has 1 unspecified atom stereocenters. The molecule has 1 saturated carbocycles.